The van der Waals surface area contributed by atoms with E-state index in [1.54, 1.807) is 6.92 Å². The second-order valence-electron chi connectivity index (χ2n) is 6.95. The Morgan fingerprint density at radius 1 is 1.40 bits per heavy atom. The average Bonchev–Trinajstić information content (AvgIpc) is 2.78. The van der Waals surface area contributed by atoms with Gasteiger partial charge in [-0.05, 0) is 49.4 Å². The highest BCUT2D eigenvalue weighted by Crippen LogP contribution is 2.38. The first-order valence-corrected chi connectivity index (χ1v) is 8.53. The third-order valence-corrected chi connectivity index (χ3v) is 5.27. The van der Waals surface area contributed by atoms with Crippen LogP contribution in [0.5, 0.6) is 0 Å². The number of urea groups is 1. The lowest BCUT2D eigenvalue weighted by Gasteiger charge is -2.36. The number of rotatable bonds is 3. The van der Waals surface area contributed by atoms with E-state index in [0.717, 1.165) is 24.2 Å². The highest BCUT2D eigenvalue weighted by Gasteiger charge is 2.55. The maximum atomic E-state index is 13.1. The van der Waals surface area contributed by atoms with E-state index in [1.165, 1.54) is 18.2 Å². The van der Waals surface area contributed by atoms with Crippen molar-refractivity contribution in [2.75, 3.05) is 11.9 Å². The molecule has 2 fully saturated rings. The Bertz CT molecular complexity index is 736. The predicted octanol–water partition coefficient (Wildman–Crippen LogP) is 2.57. The minimum atomic E-state index is -0.874. The van der Waals surface area contributed by atoms with Gasteiger partial charge in [0.2, 0.25) is 5.91 Å². The molecular formula is C18H22FN3O3. The average molecular weight is 347 g/mol. The van der Waals surface area contributed by atoms with Crippen LogP contribution < -0.4 is 10.6 Å². The van der Waals surface area contributed by atoms with Gasteiger partial charge in [0.05, 0.1) is 0 Å². The lowest BCUT2D eigenvalue weighted by Crippen LogP contribution is -2.54. The molecule has 6 nitrogen and oxygen atoms in total. The Kier molecular flexibility index (Phi) is 4.49. The van der Waals surface area contributed by atoms with Gasteiger partial charge in [-0.2, -0.15) is 0 Å². The molecule has 1 aliphatic carbocycles. The molecule has 7 heteroatoms. The van der Waals surface area contributed by atoms with Crippen LogP contribution in [0.3, 0.4) is 0 Å². The summed E-state index contributed by atoms with van der Waals surface area (Å²) in [5, 5.41) is 5.44. The quantitative estimate of drug-likeness (QED) is 0.825. The molecule has 2 atom stereocenters. The van der Waals surface area contributed by atoms with Gasteiger partial charge in [0.15, 0.2) is 0 Å². The zero-order valence-electron chi connectivity index (χ0n) is 14.4. The van der Waals surface area contributed by atoms with Crippen LogP contribution in [0.2, 0.25) is 0 Å². The first-order valence-electron chi connectivity index (χ1n) is 8.53. The van der Waals surface area contributed by atoms with Crippen LogP contribution in [0, 0.1) is 18.7 Å². The van der Waals surface area contributed by atoms with Crippen molar-refractivity contribution in [3.63, 3.8) is 0 Å². The summed E-state index contributed by atoms with van der Waals surface area (Å²) in [6, 6.07) is 3.49. The topological polar surface area (TPSA) is 78.5 Å². The molecule has 0 bridgehead atoms. The Labute approximate surface area is 145 Å². The van der Waals surface area contributed by atoms with Crippen molar-refractivity contribution < 1.29 is 18.8 Å². The predicted molar refractivity (Wildman–Crippen MR) is 90.4 cm³/mol. The van der Waals surface area contributed by atoms with Gasteiger partial charge in [-0.3, -0.25) is 14.5 Å². The number of aryl methyl sites for hydroxylation is 1. The summed E-state index contributed by atoms with van der Waals surface area (Å²) < 4.78 is 13.1. The van der Waals surface area contributed by atoms with E-state index in [4.69, 9.17) is 0 Å². The molecule has 0 unspecified atom stereocenters. The van der Waals surface area contributed by atoms with Gasteiger partial charge in [0.25, 0.3) is 5.91 Å². The fourth-order valence-electron chi connectivity index (χ4n) is 3.74. The highest BCUT2D eigenvalue weighted by atomic mass is 19.1. The number of hydrogen-bond acceptors (Lipinski definition) is 3. The van der Waals surface area contributed by atoms with Crippen LogP contribution in [0.1, 0.15) is 38.2 Å². The number of benzene rings is 1. The number of halogens is 1. The number of nitrogens with one attached hydrogen (secondary N) is 2. The standard InChI is InChI=1S/C18H22FN3O3/c1-11-9-13(19)6-7-14(11)20-15(23)10-22-16(24)18(21-17(22)25)8-4-3-5-12(18)2/h6-7,9,12H,3-5,8,10H2,1-2H3,(H,20,23)(H,21,25)/t12-,18-/m1/s1. The fourth-order valence-corrected chi connectivity index (χ4v) is 3.74. The van der Waals surface area contributed by atoms with E-state index in [9.17, 15) is 18.8 Å². The maximum Gasteiger partial charge on any atom is 0.325 e. The van der Waals surface area contributed by atoms with Gasteiger partial charge in [-0.1, -0.05) is 19.8 Å². The normalized spacial score (nSPS) is 26.0. The Balaban J connectivity index is 1.71. The molecule has 0 radical (unpaired) electrons. The van der Waals surface area contributed by atoms with Crippen molar-refractivity contribution in [2.24, 2.45) is 5.92 Å². The van der Waals surface area contributed by atoms with Crippen LogP contribution in [0.25, 0.3) is 0 Å². The number of hydrogen-bond donors (Lipinski definition) is 2. The molecule has 1 saturated carbocycles. The molecule has 1 heterocycles. The number of imide groups is 1. The van der Waals surface area contributed by atoms with E-state index in [1.807, 2.05) is 6.92 Å². The van der Waals surface area contributed by atoms with Gasteiger partial charge in [0.1, 0.15) is 17.9 Å². The molecule has 1 aromatic rings. The fraction of sp³-hybridized carbons (Fsp3) is 0.500. The summed E-state index contributed by atoms with van der Waals surface area (Å²) in [5.41, 5.74) is 0.156. The first kappa shape index (κ1) is 17.4. The van der Waals surface area contributed by atoms with Crippen LogP contribution in [0.15, 0.2) is 18.2 Å². The molecule has 4 amide bonds. The Hall–Kier alpha value is -2.44. The number of nitrogens with zero attached hydrogens (tertiary/aromatic N) is 1. The molecule has 25 heavy (non-hydrogen) atoms. The first-order chi connectivity index (χ1) is 11.8. The third-order valence-electron chi connectivity index (χ3n) is 5.27. The smallest absolute Gasteiger partial charge is 0.324 e. The molecule has 0 aromatic heterocycles. The zero-order chi connectivity index (χ0) is 18.2. The number of carbonyl (C=O) groups is 3. The number of carbonyl (C=O) groups excluding carboxylic acids is 3. The number of amides is 4. The van der Waals surface area contributed by atoms with Gasteiger partial charge in [0, 0.05) is 5.69 Å². The van der Waals surface area contributed by atoms with Gasteiger partial charge in [-0.25, -0.2) is 9.18 Å². The van der Waals surface area contributed by atoms with Crippen molar-refractivity contribution in [3.05, 3.63) is 29.6 Å². The number of anilines is 1. The van der Waals surface area contributed by atoms with Gasteiger partial charge in [-0.15, -0.1) is 0 Å². The van der Waals surface area contributed by atoms with Crippen LogP contribution in [-0.2, 0) is 9.59 Å². The lowest BCUT2D eigenvalue weighted by molar-refractivity contribution is -0.136. The van der Waals surface area contributed by atoms with Gasteiger partial charge < -0.3 is 10.6 Å². The molecule has 2 aliphatic rings. The minimum Gasteiger partial charge on any atom is -0.324 e. The van der Waals surface area contributed by atoms with E-state index in [2.05, 4.69) is 10.6 Å². The van der Waals surface area contributed by atoms with E-state index < -0.39 is 23.3 Å². The largest absolute Gasteiger partial charge is 0.325 e. The van der Waals surface area contributed by atoms with Crippen molar-refractivity contribution in [1.82, 2.24) is 10.2 Å². The van der Waals surface area contributed by atoms with Crippen LogP contribution >= 0.6 is 0 Å². The molecule has 1 saturated heterocycles. The van der Waals surface area contributed by atoms with Crippen molar-refractivity contribution >= 4 is 23.5 Å². The summed E-state index contributed by atoms with van der Waals surface area (Å²) >= 11 is 0. The van der Waals surface area contributed by atoms with Crippen molar-refractivity contribution in [3.8, 4) is 0 Å². The lowest BCUT2D eigenvalue weighted by atomic mass is 9.73. The second kappa shape index (κ2) is 6.46. The van der Waals surface area contributed by atoms with Crippen molar-refractivity contribution in [2.45, 2.75) is 45.1 Å². The second-order valence-corrected chi connectivity index (χ2v) is 6.95. The van der Waals surface area contributed by atoms with E-state index in [-0.39, 0.29) is 18.4 Å². The Morgan fingerprint density at radius 3 is 2.84 bits per heavy atom. The third kappa shape index (κ3) is 3.10. The summed E-state index contributed by atoms with van der Waals surface area (Å²) in [6.07, 6.45) is 3.40. The summed E-state index contributed by atoms with van der Waals surface area (Å²) in [4.78, 5) is 38.3. The van der Waals surface area contributed by atoms with Gasteiger partial charge >= 0.3 is 6.03 Å². The molecule has 1 aromatic carbocycles. The molecule has 1 spiro atoms. The molecular weight excluding hydrogens is 325 g/mol. The van der Waals surface area contributed by atoms with E-state index in [0.29, 0.717) is 17.7 Å². The monoisotopic (exact) mass is 347 g/mol. The summed E-state index contributed by atoms with van der Waals surface area (Å²) in [6.45, 7) is 3.28. The molecule has 134 valence electrons. The highest BCUT2D eigenvalue weighted by molar-refractivity contribution is 6.10. The van der Waals surface area contributed by atoms with Crippen LogP contribution in [-0.4, -0.2) is 34.8 Å². The Morgan fingerprint density at radius 2 is 2.16 bits per heavy atom. The summed E-state index contributed by atoms with van der Waals surface area (Å²) in [7, 11) is 0. The minimum absolute atomic E-state index is 0.0464. The zero-order valence-corrected chi connectivity index (χ0v) is 14.4. The maximum absolute atomic E-state index is 13.1. The molecule has 1 aliphatic heterocycles. The van der Waals surface area contributed by atoms with E-state index >= 15 is 0 Å². The molecule has 3 rings (SSSR count). The molecule has 2 N–H and O–H groups in total. The SMILES string of the molecule is Cc1cc(F)ccc1NC(=O)CN1C(=O)N[C@@]2(CCCC[C@H]2C)C1=O. The summed E-state index contributed by atoms with van der Waals surface area (Å²) in [5.74, 6) is -1.16. The van der Waals surface area contributed by atoms with Crippen LogP contribution in [0.4, 0.5) is 14.9 Å². The van der Waals surface area contributed by atoms with Crippen molar-refractivity contribution in [1.29, 1.82) is 0 Å².